The molecule has 2 aromatic rings. The maximum Gasteiger partial charge on any atom is 0.164 e. The summed E-state index contributed by atoms with van der Waals surface area (Å²) < 4.78 is 1.76. The van der Waals surface area contributed by atoms with Crippen LogP contribution in [-0.4, -0.2) is 15.6 Å². The first-order valence-electron chi connectivity index (χ1n) is 5.53. The Bertz CT molecular complexity index is 578. The van der Waals surface area contributed by atoms with Gasteiger partial charge >= 0.3 is 0 Å². The number of aromatic nitrogens is 2. The van der Waals surface area contributed by atoms with E-state index in [2.05, 4.69) is 5.10 Å². The Morgan fingerprint density at radius 1 is 1.33 bits per heavy atom. The summed E-state index contributed by atoms with van der Waals surface area (Å²) in [6.07, 6.45) is 2.74. The second-order valence-corrected chi connectivity index (χ2v) is 4.76. The number of nitrogens with zero attached hydrogens (tertiary/aromatic N) is 2. The Labute approximate surface area is 115 Å². The maximum atomic E-state index is 12.1. The van der Waals surface area contributed by atoms with Gasteiger partial charge in [0.2, 0.25) is 0 Å². The lowest BCUT2D eigenvalue weighted by Gasteiger charge is -2.05. The van der Waals surface area contributed by atoms with Gasteiger partial charge in [0.15, 0.2) is 5.78 Å². The summed E-state index contributed by atoms with van der Waals surface area (Å²) >= 11 is 11.9. The maximum absolute atomic E-state index is 12.1. The third-order valence-electron chi connectivity index (χ3n) is 2.78. The lowest BCUT2D eigenvalue weighted by atomic mass is 10.1. The van der Waals surface area contributed by atoms with Gasteiger partial charge in [0.25, 0.3) is 0 Å². The van der Waals surface area contributed by atoms with Crippen molar-refractivity contribution in [2.45, 2.75) is 12.8 Å². The molecule has 0 aliphatic rings. The molecule has 0 saturated heterocycles. The van der Waals surface area contributed by atoms with Crippen LogP contribution in [0, 0.1) is 0 Å². The Morgan fingerprint density at radius 2 is 2.11 bits per heavy atom. The molecule has 0 saturated carbocycles. The second kappa shape index (κ2) is 5.55. The lowest BCUT2D eigenvalue weighted by Crippen LogP contribution is -2.05. The molecule has 0 atom stereocenters. The number of carbonyl (C=O) groups is 1. The van der Waals surface area contributed by atoms with Gasteiger partial charge in [0.1, 0.15) is 0 Å². The molecule has 0 bridgehead atoms. The van der Waals surface area contributed by atoms with Crippen LogP contribution in [0.5, 0.6) is 0 Å². The van der Waals surface area contributed by atoms with Crippen LogP contribution in [0.3, 0.4) is 0 Å². The molecule has 0 fully saturated rings. The minimum atomic E-state index is -0.0105. The molecular weight excluding hydrogens is 271 g/mol. The monoisotopic (exact) mass is 282 g/mol. The van der Waals surface area contributed by atoms with Gasteiger partial charge in [0, 0.05) is 30.9 Å². The Hall–Kier alpha value is -1.32. The van der Waals surface area contributed by atoms with E-state index in [1.54, 1.807) is 29.1 Å². The van der Waals surface area contributed by atoms with E-state index >= 15 is 0 Å². The van der Waals surface area contributed by atoms with Crippen molar-refractivity contribution in [1.82, 2.24) is 9.78 Å². The van der Waals surface area contributed by atoms with Crippen LogP contribution in [0.4, 0.5) is 0 Å². The third kappa shape index (κ3) is 2.74. The van der Waals surface area contributed by atoms with E-state index in [-0.39, 0.29) is 5.78 Å². The van der Waals surface area contributed by atoms with Crippen LogP contribution in [-0.2, 0) is 13.5 Å². The number of hydrogen-bond donors (Lipinski definition) is 0. The summed E-state index contributed by atoms with van der Waals surface area (Å²) in [6, 6.07) is 6.99. The SMILES string of the molecule is Cn1nccc1CCC(=O)c1cccc(Cl)c1Cl. The predicted octanol–water partition coefficient (Wildman–Crippen LogP) is 3.54. The van der Waals surface area contributed by atoms with Gasteiger partial charge in [-0.1, -0.05) is 29.3 Å². The summed E-state index contributed by atoms with van der Waals surface area (Å²) in [5.41, 5.74) is 1.49. The highest BCUT2D eigenvalue weighted by Gasteiger charge is 2.13. The van der Waals surface area contributed by atoms with Crippen molar-refractivity contribution >= 4 is 29.0 Å². The fourth-order valence-electron chi connectivity index (χ4n) is 1.74. The van der Waals surface area contributed by atoms with E-state index in [0.29, 0.717) is 28.5 Å². The standard InChI is InChI=1S/C13H12Cl2N2O/c1-17-9(7-8-16-17)5-6-12(18)10-3-2-4-11(14)13(10)15/h2-4,7-8H,5-6H2,1H3. The minimum Gasteiger partial charge on any atom is -0.294 e. The second-order valence-electron chi connectivity index (χ2n) is 3.97. The summed E-state index contributed by atoms with van der Waals surface area (Å²) in [6.45, 7) is 0. The fraction of sp³-hybridized carbons (Fsp3) is 0.231. The van der Waals surface area contributed by atoms with E-state index in [0.717, 1.165) is 5.69 Å². The quantitative estimate of drug-likeness (QED) is 0.804. The van der Waals surface area contributed by atoms with Crippen molar-refractivity contribution in [3.63, 3.8) is 0 Å². The van der Waals surface area contributed by atoms with Crippen LogP contribution in [0.1, 0.15) is 22.5 Å². The number of hydrogen-bond acceptors (Lipinski definition) is 2. The van der Waals surface area contributed by atoms with Gasteiger partial charge in [-0.05, 0) is 24.6 Å². The number of carbonyl (C=O) groups excluding carboxylic acids is 1. The number of aryl methyl sites for hydroxylation is 2. The largest absolute Gasteiger partial charge is 0.294 e. The topological polar surface area (TPSA) is 34.9 Å². The third-order valence-corrected chi connectivity index (χ3v) is 3.60. The van der Waals surface area contributed by atoms with Crippen LogP contribution in [0.25, 0.3) is 0 Å². The smallest absolute Gasteiger partial charge is 0.164 e. The molecule has 0 aliphatic heterocycles. The zero-order valence-corrected chi connectivity index (χ0v) is 11.4. The molecular formula is C13H12Cl2N2O. The van der Waals surface area contributed by atoms with Crippen LogP contribution in [0.2, 0.25) is 10.0 Å². The van der Waals surface area contributed by atoms with Crippen molar-refractivity contribution in [3.05, 3.63) is 51.8 Å². The molecule has 1 heterocycles. The highest BCUT2D eigenvalue weighted by molar-refractivity contribution is 6.43. The molecule has 0 amide bonds. The van der Waals surface area contributed by atoms with Gasteiger partial charge in [-0.2, -0.15) is 5.10 Å². The zero-order chi connectivity index (χ0) is 13.1. The summed E-state index contributed by atoms with van der Waals surface area (Å²) in [5.74, 6) is -0.0105. The molecule has 0 aliphatic carbocycles. The lowest BCUT2D eigenvalue weighted by molar-refractivity contribution is 0.0982. The molecule has 1 aromatic carbocycles. The highest BCUT2D eigenvalue weighted by atomic mass is 35.5. The molecule has 3 nitrogen and oxygen atoms in total. The Kier molecular flexibility index (Phi) is 4.04. The summed E-state index contributed by atoms with van der Waals surface area (Å²) in [7, 11) is 1.85. The number of benzene rings is 1. The van der Waals surface area contributed by atoms with Gasteiger partial charge in [0.05, 0.1) is 10.0 Å². The average molecular weight is 283 g/mol. The average Bonchev–Trinajstić information content (AvgIpc) is 2.75. The Morgan fingerprint density at radius 3 is 2.78 bits per heavy atom. The predicted molar refractivity (Wildman–Crippen MR) is 72.3 cm³/mol. The van der Waals surface area contributed by atoms with Crippen molar-refractivity contribution < 1.29 is 4.79 Å². The first kappa shape index (κ1) is 13.1. The van der Waals surface area contributed by atoms with Crippen LogP contribution >= 0.6 is 23.2 Å². The summed E-state index contributed by atoms with van der Waals surface area (Å²) in [4.78, 5) is 12.1. The normalized spacial score (nSPS) is 10.6. The van der Waals surface area contributed by atoms with E-state index in [4.69, 9.17) is 23.2 Å². The molecule has 18 heavy (non-hydrogen) atoms. The number of Topliss-reactive ketones (excluding diaryl/α,β-unsaturated/α-hetero) is 1. The van der Waals surface area contributed by atoms with E-state index in [9.17, 15) is 4.79 Å². The first-order chi connectivity index (χ1) is 8.59. The molecule has 2 rings (SSSR count). The molecule has 1 aromatic heterocycles. The summed E-state index contributed by atoms with van der Waals surface area (Å²) in [5, 5.41) is 4.79. The van der Waals surface area contributed by atoms with Gasteiger partial charge in [-0.15, -0.1) is 0 Å². The van der Waals surface area contributed by atoms with Crippen molar-refractivity contribution in [3.8, 4) is 0 Å². The van der Waals surface area contributed by atoms with Gasteiger partial charge < -0.3 is 0 Å². The van der Waals surface area contributed by atoms with Crippen molar-refractivity contribution in [2.24, 2.45) is 7.05 Å². The number of ketones is 1. The van der Waals surface area contributed by atoms with E-state index in [1.807, 2.05) is 13.1 Å². The minimum absolute atomic E-state index is 0.0105. The first-order valence-corrected chi connectivity index (χ1v) is 6.29. The Balaban J connectivity index is 2.09. The number of rotatable bonds is 4. The fourth-order valence-corrected chi connectivity index (χ4v) is 2.15. The van der Waals surface area contributed by atoms with E-state index < -0.39 is 0 Å². The van der Waals surface area contributed by atoms with E-state index in [1.165, 1.54) is 0 Å². The number of halogens is 2. The molecule has 0 unspecified atom stereocenters. The molecule has 0 radical (unpaired) electrons. The zero-order valence-electron chi connectivity index (χ0n) is 9.86. The highest BCUT2D eigenvalue weighted by Crippen LogP contribution is 2.26. The van der Waals surface area contributed by atoms with Crippen molar-refractivity contribution in [2.75, 3.05) is 0 Å². The molecule has 0 N–H and O–H groups in total. The van der Waals surface area contributed by atoms with Crippen LogP contribution < -0.4 is 0 Å². The molecule has 0 spiro atoms. The van der Waals surface area contributed by atoms with Gasteiger partial charge in [-0.3, -0.25) is 9.48 Å². The molecule has 94 valence electrons. The van der Waals surface area contributed by atoms with Crippen molar-refractivity contribution in [1.29, 1.82) is 0 Å². The van der Waals surface area contributed by atoms with Gasteiger partial charge in [-0.25, -0.2) is 0 Å². The molecule has 5 heteroatoms. The van der Waals surface area contributed by atoms with Crippen LogP contribution in [0.15, 0.2) is 30.5 Å².